The van der Waals surface area contributed by atoms with Gasteiger partial charge in [0.05, 0.1) is 22.5 Å². The van der Waals surface area contributed by atoms with Crippen LogP contribution in [0.1, 0.15) is 26.7 Å². The summed E-state index contributed by atoms with van der Waals surface area (Å²) >= 11 is 1.19. The molecule has 1 amide bonds. The second-order valence-electron chi connectivity index (χ2n) is 5.88. The summed E-state index contributed by atoms with van der Waals surface area (Å²) in [4.78, 5) is 23.7. The van der Waals surface area contributed by atoms with E-state index in [0.29, 0.717) is 25.4 Å². The third-order valence-corrected chi connectivity index (χ3v) is 6.98. The Labute approximate surface area is 158 Å². The lowest BCUT2D eigenvalue weighted by Crippen LogP contribution is -2.28. The third-order valence-electron chi connectivity index (χ3n) is 3.95. The molecule has 0 aromatic heterocycles. The monoisotopic (exact) mass is 400 g/mol. The predicted molar refractivity (Wildman–Crippen MR) is 102 cm³/mol. The van der Waals surface area contributed by atoms with E-state index in [0.717, 1.165) is 12.8 Å². The molecule has 0 saturated carbocycles. The van der Waals surface area contributed by atoms with Gasteiger partial charge in [-0.15, -0.1) is 11.8 Å². The van der Waals surface area contributed by atoms with Gasteiger partial charge in [0, 0.05) is 18.8 Å². The summed E-state index contributed by atoms with van der Waals surface area (Å²) < 4.78 is 31.2. The first-order chi connectivity index (χ1) is 12.3. The van der Waals surface area contributed by atoms with E-state index < -0.39 is 15.3 Å². The van der Waals surface area contributed by atoms with Crippen molar-refractivity contribution < 1.29 is 22.7 Å². The largest absolute Gasteiger partial charge is 0.465 e. The molecule has 1 fully saturated rings. The Balaban J connectivity index is 1.92. The lowest BCUT2D eigenvalue weighted by molar-refractivity contribution is -0.139. The van der Waals surface area contributed by atoms with Crippen molar-refractivity contribution in [2.24, 2.45) is 0 Å². The molecule has 1 N–H and O–H groups in total. The Morgan fingerprint density at radius 2 is 1.85 bits per heavy atom. The minimum absolute atomic E-state index is 0.107. The molecule has 26 heavy (non-hydrogen) atoms. The van der Waals surface area contributed by atoms with E-state index in [4.69, 9.17) is 4.74 Å². The fourth-order valence-electron chi connectivity index (χ4n) is 2.50. The molecule has 1 atom stereocenters. The Hall–Kier alpha value is -1.58. The molecule has 144 valence electrons. The number of amides is 1. The Kier molecular flexibility index (Phi) is 7.48. The van der Waals surface area contributed by atoms with E-state index in [9.17, 15) is 18.0 Å². The highest BCUT2D eigenvalue weighted by Crippen LogP contribution is 2.22. The maximum Gasteiger partial charge on any atom is 0.315 e. The maximum absolute atomic E-state index is 12.5. The van der Waals surface area contributed by atoms with Crippen LogP contribution in [0.3, 0.4) is 0 Å². The predicted octanol–water partition coefficient (Wildman–Crippen LogP) is 2.09. The van der Waals surface area contributed by atoms with E-state index in [1.165, 1.54) is 28.2 Å². The van der Waals surface area contributed by atoms with Crippen molar-refractivity contribution in [1.29, 1.82) is 0 Å². The number of ether oxygens (including phenoxy) is 1. The second-order valence-corrected chi connectivity index (χ2v) is 9.15. The van der Waals surface area contributed by atoms with E-state index >= 15 is 0 Å². The first-order valence-corrected chi connectivity index (χ1v) is 11.0. The van der Waals surface area contributed by atoms with Crippen molar-refractivity contribution in [2.75, 3.05) is 30.8 Å². The molecular formula is C17H24N2O5S2. The molecule has 1 aromatic rings. The molecule has 9 heteroatoms. The zero-order valence-electron chi connectivity index (χ0n) is 14.9. The molecule has 1 saturated heterocycles. The molecule has 1 aromatic carbocycles. The fourth-order valence-corrected chi connectivity index (χ4v) is 4.70. The average molecular weight is 401 g/mol. The van der Waals surface area contributed by atoms with Gasteiger partial charge >= 0.3 is 5.97 Å². The number of carbonyl (C=O) groups is 2. The summed E-state index contributed by atoms with van der Waals surface area (Å²) in [6, 6.07) is 6.15. The lowest BCUT2D eigenvalue weighted by atomic mass is 10.3. The van der Waals surface area contributed by atoms with Crippen LogP contribution >= 0.6 is 11.8 Å². The molecule has 0 radical (unpaired) electrons. The van der Waals surface area contributed by atoms with Crippen LogP contribution in [0.25, 0.3) is 0 Å². The van der Waals surface area contributed by atoms with E-state index in [1.54, 1.807) is 26.0 Å². The molecular weight excluding hydrogens is 376 g/mol. The molecule has 2 rings (SSSR count). The number of hydrogen-bond acceptors (Lipinski definition) is 6. The number of nitrogens with zero attached hydrogens (tertiary/aromatic N) is 1. The van der Waals surface area contributed by atoms with Crippen molar-refractivity contribution in [3.8, 4) is 0 Å². The van der Waals surface area contributed by atoms with E-state index in [1.807, 2.05) is 0 Å². The summed E-state index contributed by atoms with van der Waals surface area (Å²) in [5.41, 5.74) is 0.513. The lowest BCUT2D eigenvalue weighted by Gasteiger charge is -2.16. The van der Waals surface area contributed by atoms with Crippen molar-refractivity contribution in [3.05, 3.63) is 24.3 Å². The number of carbonyl (C=O) groups excluding carboxylic acids is 2. The zero-order chi connectivity index (χ0) is 19.2. The van der Waals surface area contributed by atoms with Gasteiger partial charge in [-0.2, -0.15) is 4.31 Å². The standard InChI is InChI=1S/C17H24N2O5S2/c1-3-24-16(20)12-25-13(2)17(21)18-14-6-8-15(9-7-14)26(22,23)19-10-4-5-11-19/h6-9,13H,3-5,10-12H2,1-2H3,(H,18,21). The summed E-state index contributed by atoms with van der Waals surface area (Å²) in [7, 11) is -3.46. The fraction of sp³-hybridized carbons (Fsp3) is 0.529. The first kappa shape index (κ1) is 20.7. The van der Waals surface area contributed by atoms with E-state index in [-0.39, 0.29) is 22.5 Å². The topological polar surface area (TPSA) is 92.8 Å². The number of anilines is 1. The molecule has 1 heterocycles. The van der Waals surface area contributed by atoms with Gasteiger partial charge in [-0.3, -0.25) is 9.59 Å². The van der Waals surface area contributed by atoms with Crippen LogP contribution in [-0.2, 0) is 24.3 Å². The highest BCUT2D eigenvalue weighted by atomic mass is 32.2. The third kappa shape index (κ3) is 5.46. The van der Waals surface area contributed by atoms with Crippen LogP contribution < -0.4 is 5.32 Å². The van der Waals surface area contributed by atoms with Crippen molar-refractivity contribution in [2.45, 2.75) is 36.8 Å². The summed E-state index contributed by atoms with van der Waals surface area (Å²) in [6.45, 7) is 4.84. The molecule has 0 spiro atoms. The number of benzene rings is 1. The van der Waals surface area contributed by atoms with Crippen molar-refractivity contribution in [1.82, 2.24) is 4.31 Å². The molecule has 0 bridgehead atoms. The first-order valence-electron chi connectivity index (χ1n) is 8.53. The number of thioether (sulfide) groups is 1. The van der Waals surface area contributed by atoms with Gasteiger partial charge in [0.25, 0.3) is 0 Å². The second kappa shape index (κ2) is 9.38. The van der Waals surface area contributed by atoms with Crippen LogP contribution in [0.15, 0.2) is 29.2 Å². The number of esters is 1. The smallest absolute Gasteiger partial charge is 0.315 e. The van der Waals surface area contributed by atoms with Gasteiger partial charge in [0.2, 0.25) is 15.9 Å². The summed E-state index contributed by atoms with van der Waals surface area (Å²) in [6.07, 6.45) is 1.77. The highest BCUT2D eigenvalue weighted by Gasteiger charge is 2.27. The zero-order valence-corrected chi connectivity index (χ0v) is 16.6. The van der Waals surface area contributed by atoms with Gasteiger partial charge in [0.1, 0.15) is 0 Å². The van der Waals surface area contributed by atoms with Crippen LogP contribution in [0, 0.1) is 0 Å². The van der Waals surface area contributed by atoms with Crippen LogP contribution in [-0.4, -0.2) is 55.3 Å². The van der Waals surface area contributed by atoms with Crippen LogP contribution in [0.4, 0.5) is 5.69 Å². The quantitative estimate of drug-likeness (QED) is 0.672. The van der Waals surface area contributed by atoms with Crippen molar-refractivity contribution >= 4 is 39.3 Å². The Bertz CT molecular complexity index is 728. The molecule has 0 aliphatic carbocycles. The van der Waals surface area contributed by atoms with Gasteiger partial charge in [-0.1, -0.05) is 0 Å². The summed E-state index contributed by atoms with van der Waals surface area (Å²) in [5.74, 6) is -0.502. The van der Waals surface area contributed by atoms with E-state index in [2.05, 4.69) is 5.32 Å². The minimum atomic E-state index is -3.46. The van der Waals surface area contributed by atoms with Gasteiger partial charge in [-0.25, -0.2) is 8.42 Å². The number of rotatable bonds is 8. The number of nitrogens with one attached hydrogen (secondary N) is 1. The Morgan fingerprint density at radius 3 is 2.42 bits per heavy atom. The summed E-state index contributed by atoms with van der Waals surface area (Å²) in [5, 5.41) is 2.29. The number of hydrogen-bond donors (Lipinski definition) is 1. The van der Waals surface area contributed by atoms with Crippen LogP contribution in [0.5, 0.6) is 0 Å². The van der Waals surface area contributed by atoms with Crippen LogP contribution in [0.2, 0.25) is 0 Å². The normalized spacial score (nSPS) is 16.2. The molecule has 1 aliphatic rings. The van der Waals surface area contributed by atoms with Gasteiger partial charge < -0.3 is 10.1 Å². The average Bonchev–Trinajstić information content (AvgIpc) is 3.16. The molecule has 1 unspecified atom stereocenters. The highest BCUT2D eigenvalue weighted by molar-refractivity contribution is 8.01. The Morgan fingerprint density at radius 1 is 1.23 bits per heavy atom. The van der Waals surface area contributed by atoms with Gasteiger partial charge in [0.15, 0.2) is 0 Å². The SMILES string of the molecule is CCOC(=O)CSC(C)C(=O)Nc1ccc(S(=O)(=O)N2CCCC2)cc1. The minimum Gasteiger partial charge on any atom is -0.465 e. The van der Waals surface area contributed by atoms with Gasteiger partial charge in [-0.05, 0) is 51.0 Å². The number of sulfonamides is 1. The van der Waals surface area contributed by atoms with Crippen molar-refractivity contribution in [3.63, 3.8) is 0 Å². The molecule has 1 aliphatic heterocycles. The molecule has 7 nitrogen and oxygen atoms in total. The maximum atomic E-state index is 12.5.